The second-order valence-corrected chi connectivity index (χ2v) is 5.23. The van der Waals surface area contributed by atoms with Crippen LogP contribution in [0.15, 0.2) is 22.8 Å². The molecule has 0 unspecified atom stereocenters. The van der Waals surface area contributed by atoms with Gasteiger partial charge in [0.1, 0.15) is 0 Å². The molecule has 0 saturated heterocycles. The molecule has 0 amide bonds. The quantitative estimate of drug-likeness (QED) is 0.890. The van der Waals surface area contributed by atoms with Crippen molar-refractivity contribution in [2.24, 2.45) is 5.73 Å². The Morgan fingerprint density at radius 1 is 1.44 bits per heavy atom. The van der Waals surface area contributed by atoms with Crippen LogP contribution in [0, 0.1) is 0 Å². The Labute approximate surface area is 115 Å². The number of pyridine rings is 1. The number of aromatic nitrogens is 3. The van der Waals surface area contributed by atoms with Crippen LogP contribution in [0.2, 0.25) is 0 Å². The molecular weight excluding hydrogens is 294 g/mol. The van der Waals surface area contributed by atoms with Gasteiger partial charge < -0.3 is 11.1 Å². The van der Waals surface area contributed by atoms with Crippen LogP contribution in [-0.2, 0) is 0 Å². The van der Waals surface area contributed by atoms with E-state index in [1.807, 2.05) is 18.3 Å². The molecule has 0 aliphatic rings. The number of nitrogens with one attached hydrogen (secondary N) is 1. The molecule has 0 radical (unpaired) electrons. The van der Waals surface area contributed by atoms with Crippen LogP contribution in [-0.4, -0.2) is 26.7 Å². The van der Waals surface area contributed by atoms with Gasteiger partial charge in [-0.05, 0) is 40.9 Å². The molecule has 0 aliphatic heterocycles. The molecule has 3 N–H and O–H groups in total. The van der Waals surface area contributed by atoms with E-state index in [2.05, 4.69) is 45.2 Å². The zero-order valence-corrected chi connectivity index (χ0v) is 12.2. The van der Waals surface area contributed by atoms with Crippen molar-refractivity contribution < 1.29 is 0 Å². The van der Waals surface area contributed by atoms with Crippen LogP contribution >= 0.6 is 15.9 Å². The Morgan fingerprint density at radius 3 is 2.72 bits per heavy atom. The van der Waals surface area contributed by atoms with Gasteiger partial charge in [0.15, 0.2) is 5.65 Å². The van der Waals surface area contributed by atoms with E-state index in [0.29, 0.717) is 12.5 Å². The summed E-state index contributed by atoms with van der Waals surface area (Å²) >= 11 is 3.47. The van der Waals surface area contributed by atoms with Crippen LogP contribution in [0.4, 0.5) is 5.95 Å². The molecule has 0 saturated carbocycles. The summed E-state index contributed by atoms with van der Waals surface area (Å²) in [6.45, 7) is 4.81. The molecule has 18 heavy (non-hydrogen) atoms. The minimum absolute atomic E-state index is 0.128. The van der Waals surface area contributed by atoms with Gasteiger partial charge in [0.2, 0.25) is 5.95 Å². The highest BCUT2D eigenvalue weighted by atomic mass is 79.9. The molecule has 0 fully saturated rings. The monoisotopic (exact) mass is 311 g/mol. The topological polar surface area (TPSA) is 68.2 Å². The molecule has 0 aromatic carbocycles. The van der Waals surface area contributed by atoms with E-state index in [0.717, 1.165) is 23.0 Å². The fraction of sp³-hybridized carbons (Fsp3) is 0.500. The van der Waals surface area contributed by atoms with Crippen molar-refractivity contribution in [3.05, 3.63) is 22.8 Å². The maximum Gasteiger partial charge on any atom is 0.243 e. The van der Waals surface area contributed by atoms with Gasteiger partial charge in [0, 0.05) is 12.7 Å². The maximum atomic E-state index is 5.87. The first-order chi connectivity index (χ1) is 8.64. The third-order valence-electron chi connectivity index (χ3n) is 3.44. The molecule has 0 aliphatic carbocycles. The average Bonchev–Trinajstić information content (AvgIpc) is 2.80. The first-order valence-corrected chi connectivity index (χ1v) is 6.92. The number of hydrogen-bond acceptors (Lipinski definition) is 4. The van der Waals surface area contributed by atoms with Crippen molar-refractivity contribution in [1.29, 1.82) is 0 Å². The minimum Gasteiger partial charge on any atom is -0.346 e. The van der Waals surface area contributed by atoms with Crippen molar-refractivity contribution in [3.8, 4) is 0 Å². The number of nitrogens with zero attached hydrogens (tertiary/aromatic N) is 3. The highest BCUT2D eigenvalue weighted by molar-refractivity contribution is 9.10. The SMILES string of the molecule is CCC(CC)(CN)Nc1nc2c(Br)cccn2n1. The Morgan fingerprint density at radius 2 is 2.17 bits per heavy atom. The fourth-order valence-corrected chi connectivity index (χ4v) is 2.35. The molecule has 2 rings (SSSR count). The second kappa shape index (κ2) is 5.24. The van der Waals surface area contributed by atoms with E-state index < -0.39 is 0 Å². The standard InChI is InChI=1S/C12H18BrN5/c1-3-12(4-2,8-14)16-11-15-10-9(13)6-5-7-18(10)17-11/h5-7H,3-4,8,14H2,1-2H3,(H,16,17). The van der Waals surface area contributed by atoms with Gasteiger partial charge in [0.05, 0.1) is 10.0 Å². The highest BCUT2D eigenvalue weighted by Crippen LogP contribution is 2.21. The Hall–Kier alpha value is -1.14. The van der Waals surface area contributed by atoms with Gasteiger partial charge in [-0.2, -0.15) is 4.98 Å². The van der Waals surface area contributed by atoms with E-state index >= 15 is 0 Å². The summed E-state index contributed by atoms with van der Waals surface area (Å²) in [5.41, 5.74) is 6.54. The lowest BCUT2D eigenvalue weighted by Gasteiger charge is -2.30. The van der Waals surface area contributed by atoms with E-state index in [-0.39, 0.29) is 5.54 Å². The molecule has 0 bridgehead atoms. The Balaban J connectivity index is 2.34. The van der Waals surface area contributed by atoms with Crippen LogP contribution in [0.25, 0.3) is 5.65 Å². The third kappa shape index (κ3) is 2.35. The van der Waals surface area contributed by atoms with Crippen LogP contribution in [0.3, 0.4) is 0 Å². The van der Waals surface area contributed by atoms with Crippen molar-refractivity contribution in [3.63, 3.8) is 0 Å². The summed E-state index contributed by atoms with van der Waals surface area (Å²) in [7, 11) is 0. The lowest BCUT2D eigenvalue weighted by Crippen LogP contribution is -2.44. The van der Waals surface area contributed by atoms with Crippen molar-refractivity contribution >= 4 is 27.5 Å². The predicted molar refractivity (Wildman–Crippen MR) is 76.7 cm³/mol. The van der Waals surface area contributed by atoms with E-state index in [1.165, 1.54) is 0 Å². The Kier molecular flexibility index (Phi) is 3.87. The normalized spacial score (nSPS) is 12.0. The number of rotatable bonds is 5. The van der Waals surface area contributed by atoms with Gasteiger partial charge in [-0.25, -0.2) is 4.52 Å². The zero-order valence-electron chi connectivity index (χ0n) is 10.7. The maximum absolute atomic E-state index is 5.87. The number of nitrogens with two attached hydrogens (primary N) is 1. The zero-order chi connectivity index (χ0) is 13.2. The lowest BCUT2D eigenvalue weighted by atomic mass is 9.93. The third-order valence-corrected chi connectivity index (χ3v) is 4.05. The van der Waals surface area contributed by atoms with Crippen molar-refractivity contribution in [2.75, 3.05) is 11.9 Å². The van der Waals surface area contributed by atoms with Crippen LogP contribution in [0.1, 0.15) is 26.7 Å². The summed E-state index contributed by atoms with van der Waals surface area (Å²) in [5, 5.41) is 7.78. The molecule has 98 valence electrons. The first-order valence-electron chi connectivity index (χ1n) is 6.13. The predicted octanol–water partition coefficient (Wildman–Crippen LogP) is 2.42. The van der Waals surface area contributed by atoms with Crippen LogP contribution < -0.4 is 11.1 Å². The molecule has 2 heterocycles. The summed E-state index contributed by atoms with van der Waals surface area (Å²) in [6.07, 6.45) is 3.76. The molecule has 2 aromatic heterocycles. The number of halogens is 1. The van der Waals surface area contributed by atoms with Gasteiger partial charge in [-0.1, -0.05) is 13.8 Å². The van der Waals surface area contributed by atoms with Gasteiger partial charge in [-0.3, -0.25) is 0 Å². The number of fused-ring (bicyclic) bond motifs is 1. The molecule has 0 atom stereocenters. The van der Waals surface area contributed by atoms with Crippen molar-refractivity contribution in [1.82, 2.24) is 14.6 Å². The number of hydrogen-bond donors (Lipinski definition) is 2. The average molecular weight is 312 g/mol. The highest BCUT2D eigenvalue weighted by Gasteiger charge is 2.25. The molecule has 0 spiro atoms. The fourth-order valence-electron chi connectivity index (χ4n) is 1.93. The van der Waals surface area contributed by atoms with Crippen LogP contribution in [0.5, 0.6) is 0 Å². The lowest BCUT2D eigenvalue weighted by molar-refractivity contribution is 0.442. The molecule has 5 nitrogen and oxygen atoms in total. The molecule has 2 aromatic rings. The summed E-state index contributed by atoms with van der Waals surface area (Å²) in [6, 6.07) is 3.87. The van der Waals surface area contributed by atoms with Gasteiger partial charge >= 0.3 is 0 Å². The first kappa shape index (κ1) is 13.3. The Bertz CT molecular complexity index is 524. The van der Waals surface area contributed by atoms with E-state index in [4.69, 9.17) is 5.73 Å². The second-order valence-electron chi connectivity index (χ2n) is 4.38. The smallest absolute Gasteiger partial charge is 0.243 e. The largest absolute Gasteiger partial charge is 0.346 e. The molecule has 6 heteroatoms. The summed E-state index contributed by atoms with van der Waals surface area (Å²) in [5.74, 6) is 0.621. The summed E-state index contributed by atoms with van der Waals surface area (Å²) < 4.78 is 2.68. The minimum atomic E-state index is -0.128. The molecular formula is C12H18BrN5. The van der Waals surface area contributed by atoms with E-state index in [1.54, 1.807) is 4.52 Å². The van der Waals surface area contributed by atoms with Crippen molar-refractivity contribution in [2.45, 2.75) is 32.2 Å². The van der Waals surface area contributed by atoms with E-state index in [9.17, 15) is 0 Å². The van der Waals surface area contributed by atoms with Gasteiger partial charge in [0.25, 0.3) is 0 Å². The number of anilines is 1. The van der Waals surface area contributed by atoms with Gasteiger partial charge in [-0.15, -0.1) is 5.10 Å². The summed E-state index contributed by atoms with van der Waals surface area (Å²) in [4.78, 5) is 4.48.